The van der Waals surface area contributed by atoms with Gasteiger partial charge >= 0.3 is 5.97 Å². The maximum absolute atomic E-state index is 11.6. The van der Waals surface area contributed by atoms with Gasteiger partial charge in [-0.15, -0.1) is 0 Å². The van der Waals surface area contributed by atoms with Crippen molar-refractivity contribution in [3.8, 4) is 0 Å². The zero-order valence-electron chi connectivity index (χ0n) is 9.48. The summed E-state index contributed by atoms with van der Waals surface area (Å²) in [7, 11) is 0. The van der Waals surface area contributed by atoms with Crippen molar-refractivity contribution in [3.63, 3.8) is 0 Å². The predicted molar refractivity (Wildman–Crippen MR) is 66.1 cm³/mol. The van der Waals surface area contributed by atoms with Crippen molar-refractivity contribution in [2.75, 3.05) is 0 Å². The van der Waals surface area contributed by atoms with Crippen molar-refractivity contribution in [2.24, 2.45) is 5.10 Å². The number of nitrogens with one attached hydrogen (secondary N) is 1. The summed E-state index contributed by atoms with van der Waals surface area (Å²) < 4.78 is 5.08. The Morgan fingerprint density at radius 3 is 2.67 bits per heavy atom. The van der Waals surface area contributed by atoms with E-state index in [1.165, 1.54) is 0 Å². The largest absolute Gasteiger partial charge is 0.456 e. The summed E-state index contributed by atoms with van der Waals surface area (Å²) in [4.78, 5) is 22.5. The van der Waals surface area contributed by atoms with E-state index in [0.29, 0.717) is 11.4 Å². The summed E-state index contributed by atoms with van der Waals surface area (Å²) in [6, 6.07) is 7.01. The van der Waals surface area contributed by atoms with E-state index in [4.69, 9.17) is 16.3 Å². The number of benzene rings is 1. The lowest BCUT2D eigenvalue weighted by Gasteiger charge is -2.11. The number of ether oxygens (including phenoxy) is 1. The number of carbonyl (C=O) groups excluding carboxylic acids is 2. The Morgan fingerprint density at radius 2 is 2.06 bits per heavy atom. The first-order valence-corrected chi connectivity index (χ1v) is 5.80. The topological polar surface area (TPSA) is 67.8 Å². The molecular weight excluding hydrogens is 256 g/mol. The number of hydrogen-bond acceptors (Lipinski definition) is 4. The second-order valence-corrected chi connectivity index (χ2v) is 4.23. The summed E-state index contributed by atoms with van der Waals surface area (Å²) >= 11 is 5.74. The van der Waals surface area contributed by atoms with E-state index in [0.717, 1.165) is 5.56 Å². The van der Waals surface area contributed by atoms with E-state index >= 15 is 0 Å². The third-order valence-electron chi connectivity index (χ3n) is 2.42. The van der Waals surface area contributed by atoms with Crippen molar-refractivity contribution < 1.29 is 14.3 Å². The molecule has 1 N–H and O–H groups in total. The highest BCUT2D eigenvalue weighted by Gasteiger charge is 2.19. The van der Waals surface area contributed by atoms with Gasteiger partial charge in [0.1, 0.15) is 12.3 Å². The minimum Gasteiger partial charge on any atom is -0.456 e. The second kappa shape index (κ2) is 5.64. The maximum Gasteiger partial charge on any atom is 0.354 e. The second-order valence-electron chi connectivity index (χ2n) is 3.80. The van der Waals surface area contributed by atoms with Crippen molar-refractivity contribution in [1.82, 2.24) is 5.43 Å². The molecule has 18 heavy (non-hydrogen) atoms. The third kappa shape index (κ3) is 3.30. The highest BCUT2D eigenvalue weighted by atomic mass is 35.5. The van der Waals surface area contributed by atoms with Gasteiger partial charge in [0.25, 0.3) is 0 Å². The maximum atomic E-state index is 11.6. The Bertz CT molecular complexity index is 497. The first kappa shape index (κ1) is 12.6. The molecule has 94 valence electrons. The number of hydrogen-bond donors (Lipinski definition) is 1. The lowest BCUT2D eigenvalue weighted by molar-refractivity contribution is -0.137. The quantitative estimate of drug-likeness (QED) is 0.846. The van der Waals surface area contributed by atoms with Gasteiger partial charge in [-0.2, -0.15) is 5.10 Å². The summed E-state index contributed by atoms with van der Waals surface area (Å²) in [6.07, 6.45) is 0.570. The van der Waals surface area contributed by atoms with Crippen LogP contribution in [0.5, 0.6) is 0 Å². The Labute approximate surface area is 109 Å². The van der Waals surface area contributed by atoms with E-state index in [1.54, 1.807) is 24.3 Å². The van der Waals surface area contributed by atoms with E-state index in [-0.39, 0.29) is 24.6 Å². The van der Waals surface area contributed by atoms with Gasteiger partial charge in [0, 0.05) is 17.9 Å². The lowest BCUT2D eigenvalue weighted by atomic mass is 10.2. The summed E-state index contributed by atoms with van der Waals surface area (Å²) in [5, 5.41) is 4.29. The Morgan fingerprint density at radius 1 is 1.33 bits per heavy atom. The number of nitrogens with zero attached hydrogens (tertiary/aromatic N) is 1. The number of amides is 1. The molecule has 0 bridgehead atoms. The van der Waals surface area contributed by atoms with Gasteiger partial charge < -0.3 is 4.74 Å². The van der Waals surface area contributed by atoms with Crippen LogP contribution in [0.15, 0.2) is 29.4 Å². The molecule has 2 rings (SSSR count). The van der Waals surface area contributed by atoms with Crippen LogP contribution in [0.3, 0.4) is 0 Å². The van der Waals surface area contributed by atoms with Crippen LogP contribution >= 0.6 is 11.6 Å². The zero-order valence-corrected chi connectivity index (χ0v) is 10.2. The van der Waals surface area contributed by atoms with Gasteiger partial charge in [-0.1, -0.05) is 23.7 Å². The molecule has 0 fully saturated rings. The van der Waals surface area contributed by atoms with Gasteiger partial charge in [0.2, 0.25) is 5.91 Å². The summed E-state index contributed by atoms with van der Waals surface area (Å²) in [5.74, 6) is -0.700. The van der Waals surface area contributed by atoms with E-state index in [9.17, 15) is 9.59 Å². The molecule has 1 amide bonds. The molecule has 0 spiro atoms. The molecule has 1 aromatic carbocycles. The van der Waals surface area contributed by atoms with Crippen molar-refractivity contribution in [1.29, 1.82) is 0 Å². The molecule has 6 heteroatoms. The number of hydrazone groups is 1. The minimum atomic E-state index is -0.509. The normalized spacial score (nSPS) is 14.7. The van der Waals surface area contributed by atoms with Gasteiger partial charge in [-0.3, -0.25) is 4.79 Å². The van der Waals surface area contributed by atoms with Gasteiger partial charge in [-0.25, -0.2) is 10.2 Å². The van der Waals surface area contributed by atoms with Crippen LogP contribution in [-0.4, -0.2) is 17.6 Å². The Balaban J connectivity index is 1.88. The fraction of sp³-hybridized carbons (Fsp3) is 0.250. The fourth-order valence-electron chi connectivity index (χ4n) is 1.43. The van der Waals surface area contributed by atoms with E-state index in [1.807, 2.05) is 0 Å². The highest BCUT2D eigenvalue weighted by Crippen LogP contribution is 2.11. The molecule has 1 aliphatic heterocycles. The first-order chi connectivity index (χ1) is 8.65. The summed E-state index contributed by atoms with van der Waals surface area (Å²) in [5.41, 5.74) is 3.33. The minimum absolute atomic E-state index is 0.156. The van der Waals surface area contributed by atoms with Crippen LogP contribution in [0, 0.1) is 0 Å². The van der Waals surface area contributed by atoms with Crippen LogP contribution in [0.25, 0.3) is 0 Å². The molecule has 5 nitrogen and oxygen atoms in total. The monoisotopic (exact) mass is 266 g/mol. The number of halogens is 1. The molecule has 1 aromatic rings. The Hall–Kier alpha value is -1.88. The van der Waals surface area contributed by atoms with Crippen LogP contribution < -0.4 is 5.43 Å². The first-order valence-electron chi connectivity index (χ1n) is 5.42. The SMILES string of the molecule is O=C1CCC(C(=O)OCc2ccc(Cl)cc2)=NN1. The molecule has 0 aromatic heterocycles. The number of rotatable bonds is 3. The molecule has 1 heterocycles. The van der Waals surface area contributed by atoms with Crippen LogP contribution in [0.4, 0.5) is 0 Å². The van der Waals surface area contributed by atoms with Crippen LogP contribution in [0.2, 0.25) is 5.02 Å². The van der Waals surface area contributed by atoms with Crippen LogP contribution in [-0.2, 0) is 20.9 Å². The molecular formula is C12H11ClN2O3. The van der Waals surface area contributed by atoms with Gasteiger partial charge in [-0.05, 0) is 17.7 Å². The highest BCUT2D eigenvalue weighted by molar-refractivity contribution is 6.37. The zero-order chi connectivity index (χ0) is 13.0. The number of carbonyl (C=O) groups is 2. The standard InChI is InChI=1S/C12H11ClN2O3/c13-9-3-1-8(2-4-9)7-18-12(17)10-5-6-11(16)15-14-10/h1-4H,5-7H2,(H,15,16). The summed E-state index contributed by atoms with van der Waals surface area (Å²) in [6.45, 7) is 0.156. The van der Waals surface area contributed by atoms with Crippen molar-refractivity contribution >= 4 is 29.2 Å². The molecule has 0 atom stereocenters. The fourth-order valence-corrected chi connectivity index (χ4v) is 1.56. The van der Waals surface area contributed by atoms with E-state index < -0.39 is 5.97 Å². The van der Waals surface area contributed by atoms with Crippen molar-refractivity contribution in [3.05, 3.63) is 34.9 Å². The smallest absolute Gasteiger partial charge is 0.354 e. The van der Waals surface area contributed by atoms with Gasteiger partial charge in [0.05, 0.1) is 0 Å². The third-order valence-corrected chi connectivity index (χ3v) is 2.68. The predicted octanol–water partition coefficient (Wildman–Crippen LogP) is 1.65. The average Bonchev–Trinajstić information content (AvgIpc) is 2.38. The van der Waals surface area contributed by atoms with Crippen LogP contribution in [0.1, 0.15) is 18.4 Å². The lowest BCUT2D eigenvalue weighted by Crippen LogP contribution is -2.30. The molecule has 0 saturated heterocycles. The van der Waals surface area contributed by atoms with E-state index in [2.05, 4.69) is 10.5 Å². The molecule has 0 radical (unpaired) electrons. The average molecular weight is 267 g/mol. The molecule has 0 unspecified atom stereocenters. The van der Waals surface area contributed by atoms with Crippen molar-refractivity contribution in [2.45, 2.75) is 19.4 Å². The molecule has 1 aliphatic rings. The number of esters is 1. The Kier molecular flexibility index (Phi) is 3.94. The molecule has 0 aliphatic carbocycles. The molecule has 0 saturated carbocycles. The van der Waals surface area contributed by atoms with Gasteiger partial charge in [0.15, 0.2) is 0 Å².